The summed E-state index contributed by atoms with van der Waals surface area (Å²) >= 11 is 0. The van der Waals surface area contributed by atoms with Crippen molar-refractivity contribution in [2.24, 2.45) is 0 Å². The van der Waals surface area contributed by atoms with Crippen LogP contribution in [-0.2, 0) is 16.0 Å². The van der Waals surface area contributed by atoms with Crippen LogP contribution in [0.4, 0.5) is 0 Å². The van der Waals surface area contributed by atoms with Gasteiger partial charge in [0.1, 0.15) is 5.78 Å². The first-order valence-electron chi connectivity index (χ1n) is 5.38. The Hall–Kier alpha value is -1.22. The van der Waals surface area contributed by atoms with E-state index in [2.05, 4.69) is 4.98 Å². The van der Waals surface area contributed by atoms with Crippen LogP contribution in [-0.4, -0.2) is 23.5 Å². The first-order chi connectivity index (χ1) is 7.34. The van der Waals surface area contributed by atoms with Gasteiger partial charge in [0.2, 0.25) is 0 Å². The number of aromatic nitrogens is 1. The molecule has 1 fully saturated rings. The molecule has 3 nitrogen and oxygen atoms in total. The average Bonchev–Trinajstić information content (AvgIpc) is 2.71. The van der Waals surface area contributed by atoms with E-state index in [9.17, 15) is 4.79 Å². The van der Waals surface area contributed by atoms with E-state index in [0.29, 0.717) is 12.8 Å². The summed E-state index contributed by atoms with van der Waals surface area (Å²) < 4.78 is 5.42. The van der Waals surface area contributed by atoms with E-state index in [4.69, 9.17) is 4.74 Å². The monoisotopic (exact) mass is 205 g/mol. The quantitative estimate of drug-likeness (QED) is 0.752. The molecule has 0 saturated carbocycles. The molecule has 80 valence electrons. The minimum atomic E-state index is 0.154. The van der Waals surface area contributed by atoms with Gasteiger partial charge in [0.25, 0.3) is 0 Å². The van der Waals surface area contributed by atoms with Crippen LogP contribution in [0.5, 0.6) is 0 Å². The van der Waals surface area contributed by atoms with Crippen LogP contribution in [0.1, 0.15) is 25.0 Å². The van der Waals surface area contributed by atoms with Crippen LogP contribution < -0.4 is 0 Å². The van der Waals surface area contributed by atoms with Crippen LogP contribution in [0.2, 0.25) is 0 Å². The van der Waals surface area contributed by atoms with Gasteiger partial charge in [-0.3, -0.25) is 9.78 Å². The minimum absolute atomic E-state index is 0.154. The van der Waals surface area contributed by atoms with E-state index in [1.807, 2.05) is 18.2 Å². The van der Waals surface area contributed by atoms with Gasteiger partial charge in [-0.2, -0.15) is 0 Å². The summed E-state index contributed by atoms with van der Waals surface area (Å²) in [6.07, 6.45) is 4.95. The van der Waals surface area contributed by atoms with Gasteiger partial charge in [-0.05, 0) is 25.0 Å². The second-order valence-electron chi connectivity index (χ2n) is 3.88. The van der Waals surface area contributed by atoms with Crippen molar-refractivity contribution >= 4 is 5.78 Å². The van der Waals surface area contributed by atoms with Crippen LogP contribution in [0, 0.1) is 0 Å². The highest BCUT2D eigenvalue weighted by Crippen LogP contribution is 2.16. The molecule has 0 radical (unpaired) electrons. The molecule has 2 heterocycles. The molecule has 1 atom stereocenters. The van der Waals surface area contributed by atoms with E-state index in [-0.39, 0.29) is 11.9 Å². The zero-order valence-corrected chi connectivity index (χ0v) is 8.69. The minimum Gasteiger partial charge on any atom is -0.378 e. The molecule has 1 aromatic rings. The average molecular weight is 205 g/mol. The molecule has 3 heteroatoms. The van der Waals surface area contributed by atoms with Crippen LogP contribution in [0.3, 0.4) is 0 Å². The van der Waals surface area contributed by atoms with Gasteiger partial charge >= 0.3 is 0 Å². The number of Topliss-reactive ketones (excluding diaryl/α,β-unsaturated/α-hetero) is 1. The van der Waals surface area contributed by atoms with Gasteiger partial charge in [-0.1, -0.05) is 6.07 Å². The Morgan fingerprint density at radius 2 is 2.47 bits per heavy atom. The predicted molar refractivity (Wildman–Crippen MR) is 56.5 cm³/mol. The van der Waals surface area contributed by atoms with E-state index in [1.165, 1.54) is 0 Å². The molecular weight excluding hydrogens is 190 g/mol. The zero-order valence-electron chi connectivity index (χ0n) is 8.69. The lowest BCUT2D eigenvalue weighted by molar-refractivity contribution is -0.120. The molecule has 2 rings (SSSR count). The third kappa shape index (κ3) is 3.13. The first kappa shape index (κ1) is 10.3. The molecule has 1 saturated heterocycles. The third-order valence-corrected chi connectivity index (χ3v) is 2.58. The second-order valence-corrected chi connectivity index (χ2v) is 3.88. The molecule has 0 bridgehead atoms. The molecule has 1 aliphatic rings. The lowest BCUT2D eigenvalue weighted by atomic mass is 10.1. The van der Waals surface area contributed by atoms with Crippen molar-refractivity contribution < 1.29 is 9.53 Å². The summed E-state index contributed by atoms with van der Waals surface area (Å²) in [4.78, 5) is 15.8. The molecule has 15 heavy (non-hydrogen) atoms. The van der Waals surface area contributed by atoms with Crippen molar-refractivity contribution in [3.63, 3.8) is 0 Å². The van der Waals surface area contributed by atoms with Crippen LogP contribution in [0.15, 0.2) is 24.4 Å². The van der Waals surface area contributed by atoms with Crippen molar-refractivity contribution in [2.75, 3.05) is 6.61 Å². The fraction of sp³-hybridized carbons (Fsp3) is 0.500. The molecule has 0 N–H and O–H groups in total. The topological polar surface area (TPSA) is 39.2 Å². The second kappa shape index (κ2) is 5.03. The molecule has 1 aromatic heterocycles. The molecule has 1 unspecified atom stereocenters. The number of carbonyl (C=O) groups excluding carboxylic acids is 1. The van der Waals surface area contributed by atoms with E-state index >= 15 is 0 Å². The van der Waals surface area contributed by atoms with E-state index < -0.39 is 0 Å². The number of hydrogen-bond donors (Lipinski definition) is 0. The van der Waals surface area contributed by atoms with E-state index in [0.717, 1.165) is 25.1 Å². The molecular formula is C12H15NO2. The standard InChI is InChI=1S/C12H15NO2/c14-11(9-12-5-3-7-15-12)8-10-4-1-2-6-13-10/h1-2,4,6,12H,3,5,7-9H2. The lowest BCUT2D eigenvalue weighted by Gasteiger charge is -2.07. The highest BCUT2D eigenvalue weighted by atomic mass is 16.5. The Balaban J connectivity index is 1.82. The van der Waals surface area contributed by atoms with Gasteiger partial charge in [0.15, 0.2) is 0 Å². The number of rotatable bonds is 4. The first-order valence-corrected chi connectivity index (χ1v) is 5.38. The Morgan fingerprint density at radius 3 is 3.13 bits per heavy atom. The van der Waals surface area contributed by atoms with Gasteiger partial charge in [0, 0.05) is 31.3 Å². The fourth-order valence-electron chi connectivity index (χ4n) is 1.84. The summed E-state index contributed by atoms with van der Waals surface area (Å²) in [5, 5.41) is 0. The number of nitrogens with zero attached hydrogens (tertiary/aromatic N) is 1. The van der Waals surface area contributed by atoms with Crippen molar-refractivity contribution in [2.45, 2.75) is 31.8 Å². The summed E-state index contributed by atoms with van der Waals surface area (Å²) in [5.74, 6) is 0.223. The number of pyridine rings is 1. The largest absolute Gasteiger partial charge is 0.378 e. The molecule has 1 aliphatic heterocycles. The number of ether oxygens (including phenoxy) is 1. The summed E-state index contributed by atoms with van der Waals surface area (Å²) in [6.45, 7) is 0.807. The van der Waals surface area contributed by atoms with Gasteiger partial charge in [0.05, 0.1) is 6.10 Å². The maximum absolute atomic E-state index is 11.6. The molecule has 0 amide bonds. The maximum atomic E-state index is 11.6. The Kier molecular flexibility index (Phi) is 3.45. The van der Waals surface area contributed by atoms with Crippen molar-refractivity contribution in [1.29, 1.82) is 0 Å². The summed E-state index contributed by atoms with van der Waals surface area (Å²) in [6, 6.07) is 5.64. The Bertz CT molecular complexity index is 318. The van der Waals surface area contributed by atoms with Crippen molar-refractivity contribution in [3.05, 3.63) is 30.1 Å². The fourth-order valence-corrected chi connectivity index (χ4v) is 1.84. The van der Waals surface area contributed by atoms with Gasteiger partial charge in [-0.25, -0.2) is 0 Å². The zero-order chi connectivity index (χ0) is 10.5. The van der Waals surface area contributed by atoms with Crippen LogP contribution >= 0.6 is 0 Å². The highest BCUT2D eigenvalue weighted by molar-refractivity contribution is 5.80. The number of hydrogen-bond acceptors (Lipinski definition) is 3. The Morgan fingerprint density at radius 1 is 1.53 bits per heavy atom. The smallest absolute Gasteiger partial charge is 0.141 e. The van der Waals surface area contributed by atoms with Gasteiger partial charge in [-0.15, -0.1) is 0 Å². The summed E-state index contributed by atoms with van der Waals surface area (Å²) in [7, 11) is 0. The van der Waals surface area contributed by atoms with Crippen molar-refractivity contribution in [3.8, 4) is 0 Å². The SMILES string of the molecule is O=C(Cc1ccccn1)CC1CCCO1. The lowest BCUT2D eigenvalue weighted by Crippen LogP contribution is -2.14. The molecule has 0 spiro atoms. The van der Waals surface area contributed by atoms with E-state index in [1.54, 1.807) is 6.20 Å². The molecule has 0 aromatic carbocycles. The third-order valence-electron chi connectivity index (χ3n) is 2.58. The Labute approximate surface area is 89.5 Å². The maximum Gasteiger partial charge on any atom is 0.141 e. The number of ketones is 1. The molecule has 0 aliphatic carbocycles. The normalized spacial score (nSPS) is 20.4. The highest BCUT2D eigenvalue weighted by Gasteiger charge is 2.19. The number of carbonyl (C=O) groups is 1. The van der Waals surface area contributed by atoms with Crippen molar-refractivity contribution in [1.82, 2.24) is 4.98 Å². The summed E-state index contributed by atoms with van der Waals surface area (Å²) in [5.41, 5.74) is 0.848. The predicted octanol–water partition coefficient (Wildman–Crippen LogP) is 1.76. The van der Waals surface area contributed by atoms with Crippen LogP contribution in [0.25, 0.3) is 0 Å². The van der Waals surface area contributed by atoms with Gasteiger partial charge < -0.3 is 4.74 Å².